The fourth-order valence-electron chi connectivity index (χ4n) is 2.89. The lowest BCUT2D eigenvalue weighted by molar-refractivity contribution is 0.287. The zero-order chi connectivity index (χ0) is 14.2. The summed E-state index contributed by atoms with van der Waals surface area (Å²) in [6, 6.07) is 4.55. The molecular weight excluding hydrogens is 252 g/mol. The molecule has 1 aliphatic rings. The maximum absolute atomic E-state index is 5.68. The Bertz CT molecular complexity index is 553. The molecule has 0 saturated carbocycles. The molecular formula is C17H22OS. The summed E-state index contributed by atoms with van der Waals surface area (Å²) in [5.74, 6) is 1.05. The van der Waals surface area contributed by atoms with Gasteiger partial charge in [0.15, 0.2) is 5.55 Å². The van der Waals surface area contributed by atoms with E-state index in [-0.39, 0.29) is 5.41 Å². The number of aryl methyl sites for hydroxylation is 3. The first kappa shape index (κ1) is 14.3. The molecule has 19 heavy (non-hydrogen) atoms. The van der Waals surface area contributed by atoms with E-state index in [2.05, 4.69) is 46.8 Å². The molecule has 0 amide bonds. The summed E-state index contributed by atoms with van der Waals surface area (Å²) in [6.07, 6.45) is 2.18. The van der Waals surface area contributed by atoms with Crippen LogP contribution >= 0.6 is 12.2 Å². The van der Waals surface area contributed by atoms with Crippen LogP contribution in [-0.2, 0) is 4.74 Å². The van der Waals surface area contributed by atoms with Crippen molar-refractivity contribution in [1.82, 2.24) is 0 Å². The highest BCUT2D eigenvalue weighted by atomic mass is 32.1. The highest BCUT2D eigenvalue weighted by molar-refractivity contribution is 7.78. The Balaban J connectivity index is 2.59. The van der Waals surface area contributed by atoms with Crippen LogP contribution in [-0.4, -0.2) is 5.55 Å². The molecule has 0 fully saturated rings. The highest BCUT2D eigenvalue weighted by Gasteiger charge is 2.35. The fraction of sp³-hybridized carbons (Fsp3) is 0.471. The van der Waals surface area contributed by atoms with Crippen molar-refractivity contribution >= 4 is 23.3 Å². The molecule has 0 bridgehead atoms. The molecule has 0 aromatic heterocycles. The van der Waals surface area contributed by atoms with Crippen LogP contribution in [0, 0.1) is 26.2 Å². The van der Waals surface area contributed by atoms with Crippen molar-refractivity contribution in [3.05, 3.63) is 40.1 Å². The third kappa shape index (κ3) is 2.59. The van der Waals surface area contributed by atoms with Crippen molar-refractivity contribution in [2.75, 3.05) is 0 Å². The van der Waals surface area contributed by atoms with Gasteiger partial charge in [0, 0.05) is 5.41 Å². The summed E-state index contributed by atoms with van der Waals surface area (Å²) in [4.78, 5) is 0. The van der Waals surface area contributed by atoms with Gasteiger partial charge in [0.25, 0.3) is 0 Å². The van der Waals surface area contributed by atoms with E-state index >= 15 is 0 Å². The molecule has 1 aromatic carbocycles. The van der Waals surface area contributed by atoms with Crippen LogP contribution in [0.15, 0.2) is 17.9 Å². The van der Waals surface area contributed by atoms with Crippen LogP contribution in [0.5, 0.6) is 0 Å². The fourth-order valence-corrected chi connectivity index (χ4v) is 2.99. The first-order valence-electron chi connectivity index (χ1n) is 6.79. The van der Waals surface area contributed by atoms with Crippen molar-refractivity contribution in [3.63, 3.8) is 0 Å². The van der Waals surface area contributed by atoms with Gasteiger partial charge in [-0.3, -0.25) is 0 Å². The molecule has 0 N–H and O–H groups in total. The standard InChI is InChI=1S/C17H22OS/c1-11-8-13(3)15(9-12(11)2)14-6-7-17(4,5)16(14)18-10-19/h8-10H,6-7H2,1-5H3. The Kier molecular flexibility index (Phi) is 3.82. The summed E-state index contributed by atoms with van der Waals surface area (Å²) in [5, 5.41) is 0. The van der Waals surface area contributed by atoms with Crippen LogP contribution in [0.3, 0.4) is 0 Å². The molecule has 1 nitrogen and oxygen atoms in total. The Labute approximate surface area is 121 Å². The van der Waals surface area contributed by atoms with Crippen LogP contribution in [0.4, 0.5) is 0 Å². The summed E-state index contributed by atoms with van der Waals surface area (Å²) in [5.41, 5.74) is 8.11. The number of hydrogen-bond acceptors (Lipinski definition) is 2. The van der Waals surface area contributed by atoms with Gasteiger partial charge in [0.1, 0.15) is 5.76 Å². The lowest BCUT2D eigenvalue weighted by Gasteiger charge is -2.21. The Morgan fingerprint density at radius 3 is 2.37 bits per heavy atom. The van der Waals surface area contributed by atoms with E-state index in [1.165, 1.54) is 33.4 Å². The van der Waals surface area contributed by atoms with Crippen molar-refractivity contribution in [3.8, 4) is 0 Å². The second kappa shape index (κ2) is 5.09. The molecule has 0 aliphatic heterocycles. The van der Waals surface area contributed by atoms with Gasteiger partial charge >= 0.3 is 0 Å². The van der Waals surface area contributed by atoms with Gasteiger partial charge in [0.05, 0.1) is 0 Å². The first-order valence-corrected chi connectivity index (χ1v) is 7.26. The van der Waals surface area contributed by atoms with Crippen LogP contribution in [0.25, 0.3) is 5.57 Å². The molecule has 0 heterocycles. The maximum Gasteiger partial charge on any atom is 0.154 e. The van der Waals surface area contributed by atoms with Crippen LogP contribution < -0.4 is 0 Å². The van der Waals surface area contributed by atoms with E-state index in [1.807, 2.05) is 0 Å². The Morgan fingerprint density at radius 2 is 1.74 bits per heavy atom. The highest BCUT2D eigenvalue weighted by Crippen LogP contribution is 2.47. The third-order valence-corrected chi connectivity index (χ3v) is 4.32. The maximum atomic E-state index is 5.68. The number of benzene rings is 1. The summed E-state index contributed by atoms with van der Waals surface area (Å²) in [7, 11) is 0. The first-order chi connectivity index (χ1) is 8.86. The molecule has 2 heteroatoms. The average molecular weight is 274 g/mol. The predicted molar refractivity (Wildman–Crippen MR) is 85.3 cm³/mol. The summed E-state index contributed by atoms with van der Waals surface area (Å²) >= 11 is 4.89. The van der Waals surface area contributed by atoms with Crippen molar-refractivity contribution in [2.45, 2.75) is 47.5 Å². The van der Waals surface area contributed by atoms with E-state index in [9.17, 15) is 0 Å². The minimum Gasteiger partial charge on any atom is -0.457 e. The largest absolute Gasteiger partial charge is 0.457 e. The molecule has 0 atom stereocenters. The zero-order valence-corrected chi connectivity index (χ0v) is 13.3. The molecule has 1 aromatic rings. The quantitative estimate of drug-likeness (QED) is 0.708. The van der Waals surface area contributed by atoms with Crippen LogP contribution in [0.2, 0.25) is 0 Å². The molecule has 0 saturated heterocycles. The summed E-state index contributed by atoms with van der Waals surface area (Å²) in [6.45, 7) is 11.0. The minimum absolute atomic E-state index is 0.0792. The van der Waals surface area contributed by atoms with E-state index in [0.717, 1.165) is 18.6 Å². The third-order valence-electron chi connectivity index (χ3n) is 4.22. The number of ether oxygens (including phenoxy) is 1. The smallest absolute Gasteiger partial charge is 0.154 e. The molecule has 1 aliphatic carbocycles. The Morgan fingerprint density at radius 1 is 1.11 bits per heavy atom. The van der Waals surface area contributed by atoms with Crippen molar-refractivity contribution < 1.29 is 4.74 Å². The molecule has 102 valence electrons. The predicted octanol–water partition coefficient (Wildman–Crippen LogP) is 5.12. The molecule has 0 radical (unpaired) electrons. The van der Waals surface area contributed by atoms with Crippen LogP contribution in [0.1, 0.15) is 48.9 Å². The second-order valence-corrected chi connectivity index (χ2v) is 6.35. The lowest BCUT2D eigenvalue weighted by atomic mass is 9.91. The van der Waals surface area contributed by atoms with E-state index in [0.29, 0.717) is 0 Å². The average Bonchev–Trinajstić information content (AvgIpc) is 2.61. The number of allylic oxidation sites excluding steroid dienone is 2. The normalized spacial score (nSPS) is 17.7. The van der Waals surface area contributed by atoms with E-state index in [4.69, 9.17) is 17.0 Å². The summed E-state index contributed by atoms with van der Waals surface area (Å²) < 4.78 is 5.68. The number of thiocarbonyl (C=S) groups is 1. The number of rotatable bonds is 3. The van der Waals surface area contributed by atoms with Gasteiger partial charge in [-0.05, 0) is 73.7 Å². The molecule has 0 unspecified atom stereocenters. The van der Waals surface area contributed by atoms with Gasteiger partial charge in [0.2, 0.25) is 0 Å². The monoisotopic (exact) mass is 274 g/mol. The SMILES string of the molecule is Cc1cc(C)c(C2=C(OC=S)C(C)(C)CC2)cc1C. The lowest BCUT2D eigenvalue weighted by Crippen LogP contribution is -2.12. The zero-order valence-electron chi connectivity index (χ0n) is 12.5. The van der Waals surface area contributed by atoms with Crippen molar-refractivity contribution in [1.29, 1.82) is 0 Å². The van der Waals surface area contributed by atoms with Gasteiger partial charge in [-0.2, -0.15) is 0 Å². The number of hydrogen-bond donors (Lipinski definition) is 0. The second-order valence-electron chi connectivity index (χ2n) is 6.16. The van der Waals surface area contributed by atoms with E-state index in [1.54, 1.807) is 0 Å². The van der Waals surface area contributed by atoms with E-state index < -0.39 is 0 Å². The Hall–Kier alpha value is -1.15. The van der Waals surface area contributed by atoms with Gasteiger partial charge < -0.3 is 4.74 Å². The van der Waals surface area contributed by atoms with Gasteiger partial charge in [-0.1, -0.05) is 26.0 Å². The minimum atomic E-state index is 0.0792. The van der Waals surface area contributed by atoms with Gasteiger partial charge in [-0.25, -0.2) is 0 Å². The van der Waals surface area contributed by atoms with Gasteiger partial charge in [-0.15, -0.1) is 0 Å². The molecule has 0 spiro atoms. The molecule has 2 rings (SSSR count). The topological polar surface area (TPSA) is 9.23 Å². The van der Waals surface area contributed by atoms with Crippen molar-refractivity contribution in [2.24, 2.45) is 5.41 Å².